The second-order valence-corrected chi connectivity index (χ2v) is 9.54. The molecule has 0 saturated carbocycles. The predicted octanol–water partition coefficient (Wildman–Crippen LogP) is 3.71. The van der Waals surface area contributed by atoms with Gasteiger partial charge >= 0.3 is 30.2 Å². The topological polar surface area (TPSA) is 193 Å². The van der Waals surface area contributed by atoms with Gasteiger partial charge in [-0.2, -0.15) is 35.1 Å². The molecule has 5 N–H and O–H groups in total. The van der Waals surface area contributed by atoms with Crippen molar-refractivity contribution in [3.63, 3.8) is 0 Å². The van der Waals surface area contributed by atoms with E-state index in [0.29, 0.717) is 6.54 Å². The zero-order chi connectivity index (χ0) is 37.6. The number of hydrogen-bond donors (Lipinski definition) is 5. The van der Waals surface area contributed by atoms with E-state index in [1.807, 2.05) is 12.1 Å². The van der Waals surface area contributed by atoms with Gasteiger partial charge in [-0.3, -0.25) is 23.9 Å². The van der Waals surface area contributed by atoms with Crippen molar-refractivity contribution in [2.75, 3.05) is 11.9 Å². The lowest BCUT2D eigenvalue weighted by atomic mass is 10.1. The summed E-state index contributed by atoms with van der Waals surface area (Å²) in [6, 6.07) is 11.3. The van der Waals surface area contributed by atoms with E-state index in [0.717, 1.165) is 21.9 Å². The molecule has 0 aliphatic rings. The number of carbonyl (C=O) groups is 4. The van der Waals surface area contributed by atoms with Crippen LogP contribution in [0.15, 0.2) is 59.7 Å². The molecule has 13 nitrogen and oxygen atoms in total. The fraction of sp³-hybridized carbons (Fsp3) is 0.296. The molecule has 0 atom stereocenters. The summed E-state index contributed by atoms with van der Waals surface area (Å²) < 4.78 is 93.2. The van der Waals surface area contributed by atoms with Crippen LogP contribution in [0.4, 0.5) is 40.9 Å². The highest BCUT2D eigenvalue weighted by molar-refractivity contribution is 6.29. The fourth-order valence-electron chi connectivity index (χ4n) is 3.12. The molecule has 2 aromatic heterocycles. The van der Waals surface area contributed by atoms with E-state index in [-0.39, 0.29) is 23.4 Å². The number of nitrogens with one attached hydrogen (secondary N) is 3. The summed E-state index contributed by atoms with van der Waals surface area (Å²) in [7, 11) is 0. The van der Waals surface area contributed by atoms with E-state index in [1.54, 1.807) is 12.1 Å². The number of alkyl halides is 8. The monoisotopic (exact) mass is 732 g/mol. The summed E-state index contributed by atoms with van der Waals surface area (Å²) in [5.74, 6) is -9.96. The molecule has 2 heterocycles. The molecular formula is C27H25ClF8N6O7. The minimum atomic E-state index is -5.08. The maximum absolute atomic E-state index is 14.4. The normalized spacial score (nSPS) is 11.1. The Balaban J connectivity index is 0.000000717. The SMILES string of the molecule is CC(=O)NCc1ccccc1CNC(=O)Cn1c(Cl)cnc(NCC(F)(F)c2ccccn2)c1=O.O=C(O)C(F)(F)F.O=C(O)C(F)(F)F. The predicted molar refractivity (Wildman–Crippen MR) is 153 cm³/mol. The Morgan fingerprint density at radius 3 is 1.76 bits per heavy atom. The molecule has 3 aromatic rings. The highest BCUT2D eigenvalue weighted by atomic mass is 35.5. The van der Waals surface area contributed by atoms with E-state index in [4.69, 9.17) is 31.4 Å². The van der Waals surface area contributed by atoms with E-state index in [2.05, 4.69) is 25.9 Å². The Labute approximate surface area is 274 Å². The summed E-state index contributed by atoms with van der Waals surface area (Å²) in [6.07, 6.45) is -7.83. The van der Waals surface area contributed by atoms with Crippen LogP contribution >= 0.6 is 11.6 Å². The van der Waals surface area contributed by atoms with E-state index >= 15 is 0 Å². The van der Waals surface area contributed by atoms with Gasteiger partial charge in [0, 0.05) is 26.2 Å². The molecule has 0 bridgehead atoms. The molecule has 1 aromatic carbocycles. The van der Waals surface area contributed by atoms with Crippen molar-refractivity contribution in [3.05, 3.63) is 87.2 Å². The van der Waals surface area contributed by atoms with Crippen LogP contribution in [0.3, 0.4) is 0 Å². The zero-order valence-corrected chi connectivity index (χ0v) is 25.5. The van der Waals surface area contributed by atoms with Gasteiger partial charge in [-0.25, -0.2) is 14.6 Å². The van der Waals surface area contributed by atoms with E-state index in [1.165, 1.54) is 31.3 Å². The number of nitrogens with zero attached hydrogens (tertiary/aromatic N) is 3. The molecule has 0 radical (unpaired) electrons. The lowest BCUT2D eigenvalue weighted by Crippen LogP contribution is -2.35. The molecule has 0 aliphatic carbocycles. The molecule has 0 saturated heterocycles. The largest absolute Gasteiger partial charge is 0.490 e. The molecule has 0 fully saturated rings. The number of anilines is 1. The summed E-state index contributed by atoms with van der Waals surface area (Å²) in [5, 5.41) is 21.8. The molecule has 49 heavy (non-hydrogen) atoms. The van der Waals surface area contributed by atoms with Gasteiger partial charge in [-0.05, 0) is 23.3 Å². The standard InChI is InChI=1S/C23H23ClF2N6O3.2C2HF3O2/c1-15(33)28-10-16-6-2-3-7-17(16)11-29-20(34)13-32-19(24)12-30-21(22(32)35)31-14-23(25,26)18-8-4-5-9-27-18;2*3-2(4,5)1(6)7/h2-9,12H,10-11,13-14H2,1H3,(H,28,33)(H,29,34)(H,30,31);2*(H,6,7). The van der Waals surface area contributed by atoms with Crippen LogP contribution in [0.5, 0.6) is 0 Å². The minimum absolute atomic E-state index is 0.127. The van der Waals surface area contributed by atoms with Crippen molar-refractivity contribution in [1.82, 2.24) is 25.2 Å². The lowest BCUT2D eigenvalue weighted by Gasteiger charge is -2.17. The van der Waals surface area contributed by atoms with Crippen molar-refractivity contribution >= 4 is 41.2 Å². The lowest BCUT2D eigenvalue weighted by molar-refractivity contribution is -0.193. The number of carbonyl (C=O) groups excluding carboxylic acids is 2. The highest BCUT2D eigenvalue weighted by Crippen LogP contribution is 2.25. The number of benzene rings is 1. The first kappa shape index (κ1) is 41.7. The first-order valence-electron chi connectivity index (χ1n) is 13.0. The smallest absolute Gasteiger partial charge is 0.475 e. The molecule has 22 heteroatoms. The molecule has 268 valence electrons. The van der Waals surface area contributed by atoms with Crippen molar-refractivity contribution in [2.45, 2.75) is 44.8 Å². The van der Waals surface area contributed by atoms with Gasteiger partial charge in [0.2, 0.25) is 11.8 Å². The molecule has 3 rings (SSSR count). The maximum Gasteiger partial charge on any atom is 0.490 e. The summed E-state index contributed by atoms with van der Waals surface area (Å²) in [6.45, 7) is 0.483. The zero-order valence-electron chi connectivity index (χ0n) is 24.7. The molecular weight excluding hydrogens is 708 g/mol. The van der Waals surface area contributed by atoms with Crippen LogP contribution in [-0.2, 0) is 44.7 Å². The third-order valence-corrected chi connectivity index (χ3v) is 5.73. The first-order valence-corrected chi connectivity index (χ1v) is 13.4. The third kappa shape index (κ3) is 15.0. The summed E-state index contributed by atoms with van der Waals surface area (Å²) >= 11 is 6.04. The molecule has 0 unspecified atom stereocenters. The van der Waals surface area contributed by atoms with Gasteiger partial charge in [0.25, 0.3) is 5.56 Å². The van der Waals surface area contributed by atoms with Gasteiger partial charge in [0.15, 0.2) is 5.82 Å². The molecule has 0 aliphatic heterocycles. The molecule has 0 spiro atoms. The van der Waals surface area contributed by atoms with Gasteiger partial charge in [0.05, 0.1) is 12.7 Å². The van der Waals surface area contributed by atoms with Gasteiger partial charge in [-0.1, -0.05) is 41.9 Å². The van der Waals surface area contributed by atoms with Crippen molar-refractivity contribution in [2.24, 2.45) is 0 Å². The van der Waals surface area contributed by atoms with Gasteiger partial charge < -0.3 is 26.2 Å². The Morgan fingerprint density at radius 1 is 0.816 bits per heavy atom. The number of aliphatic carboxylic acids is 2. The molecule has 2 amide bonds. The number of carboxylic acids is 2. The minimum Gasteiger partial charge on any atom is -0.475 e. The average molecular weight is 733 g/mol. The number of hydrogen-bond acceptors (Lipinski definition) is 8. The second-order valence-electron chi connectivity index (χ2n) is 9.15. The van der Waals surface area contributed by atoms with Crippen molar-refractivity contribution in [1.29, 1.82) is 0 Å². The van der Waals surface area contributed by atoms with Crippen LogP contribution < -0.4 is 21.5 Å². The Hall–Kier alpha value is -5.34. The van der Waals surface area contributed by atoms with Gasteiger partial charge in [0.1, 0.15) is 17.4 Å². The Kier molecular flexibility index (Phi) is 15.5. The highest BCUT2D eigenvalue weighted by Gasteiger charge is 2.39. The van der Waals surface area contributed by atoms with Crippen molar-refractivity contribution < 1.29 is 64.5 Å². The van der Waals surface area contributed by atoms with Gasteiger partial charge in [-0.15, -0.1) is 0 Å². The number of halogens is 9. The van der Waals surface area contributed by atoms with Crippen LogP contribution in [0, 0.1) is 0 Å². The Morgan fingerprint density at radius 2 is 1.31 bits per heavy atom. The van der Waals surface area contributed by atoms with Crippen LogP contribution in [0.1, 0.15) is 23.7 Å². The van der Waals surface area contributed by atoms with Crippen LogP contribution in [0.25, 0.3) is 0 Å². The number of amides is 2. The number of pyridine rings is 1. The number of aromatic nitrogens is 3. The average Bonchev–Trinajstić information content (AvgIpc) is 3.01. The first-order chi connectivity index (χ1) is 22.6. The summed E-state index contributed by atoms with van der Waals surface area (Å²) in [4.78, 5) is 61.6. The van der Waals surface area contributed by atoms with E-state index in [9.17, 15) is 49.5 Å². The maximum atomic E-state index is 14.4. The van der Waals surface area contributed by atoms with Crippen LogP contribution in [0.2, 0.25) is 5.15 Å². The summed E-state index contributed by atoms with van der Waals surface area (Å²) in [5.41, 5.74) is 0.319. The fourth-order valence-corrected chi connectivity index (χ4v) is 3.30. The van der Waals surface area contributed by atoms with Crippen molar-refractivity contribution in [3.8, 4) is 0 Å². The number of carboxylic acid groups (broad SMARTS) is 2. The third-order valence-electron chi connectivity index (χ3n) is 5.43. The van der Waals surface area contributed by atoms with Crippen LogP contribution in [-0.4, -0.2) is 67.4 Å². The quantitative estimate of drug-likeness (QED) is 0.192. The second kappa shape index (κ2) is 18.3. The van der Waals surface area contributed by atoms with E-state index < -0.39 is 60.5 Å². The Bertz CT molecular complexity index is 1630. The number of rotatable bonds is 10.